The maximum atomic E-state index is 13.1. The van der Waals surface area contributed by atoms with Gasteiger partial charge in [0.05, 0.1) is 33.3 Å². The van der Waals surface area contributed by atoms with E-state index in [4.69, 9.17) is 16.6 Å². The Hall–Kier alpha value is -2.71. The van der Waals surface area contributed by atoms with Crippen LogP contribution in [0.25, 0.3) is 33.5 Å². The maximum Gasteiger partial charge on any atom is 0.240 e. The molecule has 0 saturated carbocycles. The zero-order valence-corrected chi connectivity index (χ0v) is 20.9. The van der Waals surface area contributed by atoms with Crippen molar-refractivity contribution in [1.29, 1.82) is 0 Å². The maximum absolute atomic E-state index is 13.1. The molecule has 4 rings (SSSR count). The fourth-order valence-electron chi connectivity index (χ4n) is 3.52. The molecule has 4 aromatic rings. The Labute approximate surface area is 206 Å². The van der Waals surface area contributed by atoms with Crippen molar-refractivity contribution < 1.29 is 21.9 Å². The molecule has 0 aliphatic rings. The second-order valence-corrected chi connectivity index (χ2v) is 12.0. The molecule has 1 unspecified atom stereocenters. The van der Waals surface area contributed by atoms with Gasteiger partial charge in [-0.1, -0.05) is 6.07 Å². The minimum atomic E-state index is -4.67. The number of fused-ring (bicyclic) bond motifs is 1. The van der Waals surface area contributed by atoms with Crippen LogP contribution in [0, 0.1) is 3.57 Å². The summed E-state index contributed by atoms with van der Waals surface area (Å²) in [4.78, 5) is 5.81. The molecule has 0 aliphatic heterocycles. The number of primary sulfonamides is 1. The van der Waals surface area contributed by atoms with E-state index in [1.807, 2.05) is 0 Å². The largest absolute Gasteiger partial charge is 0.391 e. The summed E-state index contributed by atoms with van der Waals surface area (Å²) >= 11 is 2.06. The molecule has 0 aliphatic carbocycles. The summed E-state index contributed by atoms with van der Waals surface area (Å²) in [7, 11) is -9.04. The van der Waals surface area contributed by atoms with Gasteiger partial charge in [-0.2, -0.15) is 5.21 Å². The molecule has 14 nitrogen and oxygen atoms in total. The highest BCUT2D eigenvalue weighted by atomic mass is 127. The molecular formula is C17H18IN9O5S2. The lowest BCUT2D eigenvalue weighted by molar-refractivity contribution is 0.205. The summed E-state index contributed by atoms with van der Waals surface area (Å²) < 4.78 is 52.5. The number of nitrogen functional groups attached to an aromatic ring is 1. The number of sulfonamides is 1. The van der Waals surface area contributed by atoms with Gasteiger partial charge in [-0.3, -0.25) is 0 Å². The number of hydrogen-bond acceptors (Lipinski definition) is 11. The summed E-state index contributed by atoms with van der Waals surface area (Å²) in [5.74, 6) is -0.910. The van der Waals surface area contributed by atoms with E-state index in [9.17, 15) is 21.9 Å². The van der Waals surface area contributed by atoms with Crippen molar-refractivity contribution in [1.82, 2.24) is 30.6 Å². The molecule has 2 aromatic heterocycles. The normalized spacial score (nSPS) is 13.4. The van der Waals surface area contributed by atoms with Gasteiger partial charge in [-0.05, 0) is 51.6 Å². The third kappa shape index (κ3) is 4.49. The van der Waals surface area contributed by atoms with Crippen LogP contribution in [0.1, 0.15) is 0 Å². The van der Waals surface area contributed by atoms with Crippen LogP contribution >= 0.6 is 22.6 Å². The van der Waals surface area contributed by atoms with Gasteiger partial charge in [0.1, 0.15) is 4.90 Å². The molecule has 17 heteroatoms. The Morgan fingerprint density at radius 1 is 1.15 bits per heavy atom. The minimum Gasteiger partial charge on any atom is -0.391 e. The zero-order valence-electron chi connectivity index (χ0n) is 17.1. The van der Waals surface area contributed by atoms with Crippen molar-refractivity contribution >= 4 is 59.4 Å². The van der Waals surface area contributed by atoms with E-state index >= 15 is 0 Å². The second kappa shape index (κ2) is 8.82. The molecule has 0 radical (unpaired) electrons. The highest BCUT2D eigenvalue weighted by molar-refractivity contribution is 14.1. The van der Waals surface area contributed by atoms with Crippen molar-refractivity contribution in [3.8, 4) is 22.5 Å². The Morgan fingerprint density at radius 3 is 2.50 bits per heavy atom. The molecule has 0 bridgehead atoms. The number of aromatic amines is 2. The summed E-state index contributed by atoms with van der Waals surface area (Å²) in [6.07, 6.45) is -1.42. The molecule has 180 valence electrons. The van der Waals surface area contributed by atoms with Crippen LogP contribution in [0.3, 0.4) is 0 Å². The van der Waals surface area contributed by atoms with Crippen LogP contribution in [0.15, 0.2) is 34.1 Å². The van der Waals surface area contributed by atoms with Crippen molar-refractivity contribution in [2.75, 3.05) is 18.0 Å². The predicted octanol–water partition coefficient (Wildman–Crippen LogP) is -0.662. The highest BCUT2D eigenvalue weighted by Crippen LogP contribution is 2.41. The molecule has 2 aromatic carbocycles. The van der Waals surface area contributed by atoms with Gasteiger partial charge in [-0.25, -0.2) is 27.0 Å². The number of nitrogens with zero attached hydrogens (tertiary/aromatic N) is 4. The molecule has 2 heterocycles. The first-order valence-corrected chi connectivity index (χ1v) is 13.7. The number of anilines is 1. The number of nitrogens with two attached hydrogens (primary N) is 3. The van der Waals surface area contributed by atoms with E-state index in [0.29, 0.717) is 16.6 Å². The number of halogens is 1. The van der Waals surface area contributed by atoms with Crippen LogP contribution in [-0.4, -0.2) is 70.9 Å². The standard InChI is InChI=1S/C17H18IN9O5S2/c18-7-3-10(14-11(4-7)22-17(20)23-14)9-1-2-12(33(29,30)6-8(28)5-19)15(34(21,31)32)13(9)16-24-26-27-25-16/h1-4,8,28H,5-6,19H2,(H3,20,22,23)(H2,21,31,32)(H,24,25,26,27). The average molecular weight is 619 g/mol. The van der Waals surface area contributed by atoms with Gasteiger partial charge in [0.25, 0.3) is 0 Å². The smallest absolute Gasteiger partial charge is 0.240 e. The van der Waals surface area contributed by atoms with Gasteiger partial charge in [0.15, 0.2) is 15.8 Å². The Morgan fingerprint density at radius 2 is 1.88 bits per heavy atom. The van der Waals surface area contributed by atoms with Gasteiger partial charge in [0.2, 0.25) is 15.8 Å². The van der Waals surface area contributed by atoms with Gasteiger partial charge in [-0.15, -0.1) is 10.2 Å². The van der Waals surface area contributed by atoms with Crippen LogP contribution in [0.5, 0.6) is 0 Å². The van der Waals surface area contributed by atoms with Crippen molar-refractivity contribution in [2.24, 2.45) is 10.9 Å². The first kappa shape index (κ1) is 24.4. The number of aromatic nitrogens is 6. The lowest BCUT2D eigenvalue weighted by atomic mass is 9.98. The number of rotatable bonds is 7. The molecular weight excluding hydrogens is 601 g/mol. The van der Waals surface area contributed by atoms with E-state index in [0.717, 1.165) is 9.64 Å². The minimum absolute atomic E-state index is 0.126. The Kier molecular flexibility index (Phi) is 6.33. The SMILES string of the molecule is NCC(O)CS(=O)(=O)c1ccc(-c2cc(I)cc3[nH]c(N)nc23)c(-c2nn[nH]n2)c1S(N)(=O)=O. The Balaban J connectivity index is 2.15. The first-order chi connectivity index (χ1) is 15.9. The van der Waals surface area contributed by atoms with Crippen LogP contribution in [0.2, 0.25) is 0 Å². The van der Waals surface area contributed by atoms with E-state index < -0.39 is 41.5 Å². The fraction of sp³-hybridized carbons (Fsp3) is 0.176. The lowest BCUT2D eigenvalue weighted by Gasteiger charge is -2.17. The summed E-state index contributed by atoms with van der Waals surface area (Å²) in [6.45, 7) is -0.346. The molecule has 34 heavy (non-hydrogen) atoms. The number of benzene rings is 2. The molecule has 0 amide bonds. The third-order valence-electron chi connectivity index (χ3n) is 4.85. The van der Waals surface area contributed by atoms with E-state index in [-0.39, 0.29) is 29.4 Å². The van der Waals surface area contributed by atoms with E-state index in [1.54, 1.807) is 12.1 Å². The lowest BCUT2D eigenvalue weighted by Crippen LogP contribution is -2.30. The van der Waals surface area contributed by atoms with Gasteiger partial charge in [0, 0.05) is 15.7 Å². The number of nitrogens with one attached hydrogen (secondary N) is 2. The molecule has 0 spiro atoms. The number of tetrazole rings is 1. The number of imidazole rings is 1. The van der Waals surface area contributed by atoms with Crippen molar-refractivity contribution in [2.45, 2.75) is 15.9 Å². The number of aliphatic hydroxyl groups is 1. The monoisotopic (exact) mass is 619 g/mol. The molecule has 1 atom stereocenters. The van der Waals surface area contributed by atoms with Crippen LogP contribution in [0.4, 0.5) is 5.95 Å². The Bertz CT molecular complexity index is 1600. The number of hydrogen-bond donors (Lipinski definition) is 6. The highest BCUT2D eigenvalue weighted by Gasteiger charge is 2.33. The topological polar surface area (TPSA) is 250 Å². The van der Waals surface area contributed by atoms with Crippen LogP contribution < -0.4 is 16.6 Å². The third-order valence-corrected chi connectivity index (χ3v) is 8.43. The van der Waals surface area contributed by atoms with Gasteiger partial charge < -0.3 is 21.6 Å². The van der Waals surface area contributed by atoms with Crippen molar-refractivity contribution in [3.63, 3.8) is 0 Å². The molecule has 0 saturated heterocycles. The van der Waals surface area contributed by atoms with E-state index in [2.05, 4.69) is 53.2 Å². The number of sulfone groups is 1. The first-order valence-electron chi connectivity index (χ1n) is 9.42. The van der Waals surface area contributed by atoms with Gasteiger partial charge >= 0.3 is 0 Å². The zero-order chi connectivity index (χ0) is 24.8. The average Bonchev–Trinajstić information content (AvgIpc) is 3.40. The molecule has 0 fully saturated rings. The number of H-pyrrole nitrogens is 2. The van der Waals surface area contributed by atoms with Crippen molar-refractivity contribution in [3.05, 3.63) is 27.8 Å². The fourth-order valence-corrected chi connectivity index (χ4v) is 7.19. The second-order valence-electron chi connectivity index (χ2n) is 7.24. The predicted molar refractivity (Wildman–Crippen MR) is 130 cm³/mol. The summed E-state index contributed by atoms with van der Waals surface area (Å²) in [6, 6.07) is 5.97. The summed E-state index contributed by atoms with van der Waals surface area (Å²) in [5, 5.41) is 28.8. The number of aliphatic hydroxyl groups excluding tert-OH is 1. The summed E-state index contributed by atoms with van der Waals surface area (Å²) in [5.41, 5.74) is 12.6. The quantitative estimate of drug-likeness (QED) is 0.142. The van der Waals surface area contributed by atoms with E-state index in [1.165, 1.54) is 6.07 Å². The molecule has 9 N–H and O–H groups in total. The van der Waals surface area contributed by atoms with Crippen LogP contribution in [-0.2, 0) is 19.9 Å².